The topological polar surface area (TPSA) is 110 Å². The molecule has 0 aromatic rings. The summed E-state index contributed by atoms with van der Waals surface area (Å²) in [5.41, 5.74) is -2.47. The Kier molecular flexibility index (Phi) is 5.77. The number of hydrogen-bond acceptors (Lipinski definition) is 7. The summed E-state index contributed by atoms with van der Waals surface area (Å²) in [5.74, 6) is -1.83. The number of ether oxygens (including phenoxy) is 2. The van der Waals surface area contributed by atoms with Crippen LogP contribution < -0.4 is 0 Å². The van der Waals surface area contributed by atoms with Crippen LogP contribution in [0.15, 0.2) is 34.9 Å². The largest absolute Gasteiger partial charge is 0.461 e. The third-order valence-electron chi connectivity index (χ3n) is 9.14. The number of esters is 2. The number of aliphatic hydroxyl groups is 2. The van der Waals surface area contributed by atoms with E-state index in [1.807, 2.05) is 6.92 Å². The third kappa shape index (κ3) is 3.12. The molecule has 34 heavy (non-hydrogen) atoms. The van der Waals surface area contributed by atoms with Crippen LogP contribution in [0.1, 0.15) is 54.9 Å². The van der Waals surface area contributed by atoms with Gasteiger partial charge < -0.3 is 19.7 Å². The van der Waals surface area contributed by atoms with E-state index >= 15 is 0 Å². The number of carbonyl (C=O) groups excluding carboxylic acids is 3. The predicted octanol–water partition coefficient (Wildman–Crippen LogP) is 2.90. The van der Waals surface area contributed by atoms with E-state index in [1.165, 1.54) is 6.92 Å². The first-order valence-corrected chi connectivity index (χ1v) is 12.1. The van der Waals surface area contributed by atoms with Gasteiger partial charge >= 0.3 is 11.9 Å². The molecule has 4 aliphatic rings. The van der Waals surface area contributed by atoms with Crippen LogP contribution in [0.2, 0.25) is 0 Å². The second-order valence-corrected chi connectivity index (χ2v) is 11.2. The van der Waals surface area contributed by atoms with Gasteiger partial charge in [-0.2, -0.15) is 0 Å². The summed E-state index contributed by atoms with van der Waals surface area (Å²) in [6, 6.07) is 0. The Morgan fingerprint density at radius 1 is 1.26 bits per heavy atom. The summed E-state index contributed by atoms with van der Waals surface area (Å²) >= 11 is 0. The lowest BCUT2D eigenvalue weighted by Crippen LogP contribution is -2.65. The smallest absolute Gasteiger partial charge is 0.334 e. The molecule has 1 spiro atoms. The molecule has 0 heterocycles. The molecular formula is C27H36O7. The lowest BCUT2D eigenvalue weighted by molar-refractivity contribution is -0.201. The molecule has 0 radical (unpaired) electrons. The molecule has 4 rings (SSSR count). The molecule has 5 unspecified atom stereocenters. The number of carbonyl (C=O) groups is 3. The molecule has 4 aliphatic carbocycles. The van der Waals surface area contributed by atoms with E-state index in [-0.39, 0.29) is 41.1 Å². The maximum absolute atomic E-state index is 14.4. The fourth-order valence-corrected chi connectivity index (χ4v) is 7.08. The Hall–Kier alpha value is -2.25. The second-order valence-electron chi connectivity index (χ2n) is 11.2. The standard InChI is InChI=1S/C27H36O7/c1-8-13(2)24(31)34-23-14(3)11-26-15(4)9-19-20(25(19,6)7)18(22(26)30)10-17(12-33-16(5)28)21(29)27(23,26)32/h8,10-11,15,18-21,23,29,32H,9,12H2,1-7H3/b13-8-/t15-,18?,19-,20+,21?,23?,26?,27?/m1/s1. The lowest BCUT2D eigenvalue weighted by atomic mass is 9.59. The van der Waals surface area contributed by atoms with Gasteiger partial charge in [-0.05, 0) is 61.5 Å². The van der Waals surface area contributed by atoms with Gasteiger partial charge in [0.15, 0.2) is 17.5 Å². The van der Waals surface area contributed by atoms with Crippen LogP contribution >= 0.6 is 0 Å². The molecule has 2 fully saturated rings. The summed E-state index contributed by atoms with van der Waals surface area (Å²) in [5, 5.41) is 24.1. The molecule has 7 nitrogen and oxygen atoms in total. The summed E-state index contributed by atoms with van der Waals surface area (Å²) < 4.78 is 11.0. The van der Waals surface area contributed by atoms with Crippen molar-refractivity contribution < 1.29 is 34.1 Å². The molecule has 2 bridgehead atoms. The van der Waals surface area contributed by atoms with Crippen LogP contribution in [-0.4, -0.2) is 52.4 Å². The number of ketones is 1. The number of hydrogen-bond donors (Lipinski definition) is 2. The first-order chi connectivity index (χ1) is 15.7. The Balaban J connectivity index is 1.90. The van der Waals surface area contributed by atoms with Crippen LogP contribution in [0.3, 0.4) is 0 Å². The second kappa shape index (κ2) is 7.89. The zero-order chi connectivity index (χ0) is 25.4. The predicted molar refractivity (Wildman–Crippen MR) is 124 cm³/mol. The Labute approximate surface area is 200 Å². The quantitative estimate of drug-likeness (QED) is 0.368. The minimum atomic E-state index is -2.13. The zero-order valence-corrected chi connectivity index (χ0v) is 21.0. The molecule has 7 heteroatoms. The van der Waals surface area contributed by atoms with E-state index in [2.05, 4.69) is 13.8 Å². The van der Waals surface area contributed by atoms with Gasteiger partial charge in [0.25, 0.3) is 0 Å². The lowest BCUT2D eigenvalue weighted by Gasteiger charge is -2.48. The number of Topliss-reactive ketones (excluding diaryl/α,β-unsaturated/α-hetero) is 1. The van der Waals surface area contributed by atoms with Gasteiger partial charge in [0.05, 0.1) is 5.41 Å². The van der Waals surface area contributed by atoms with E-state index in [0.29, 0.717) is 17.6 Å². The van der Waals surface area contributed by atoms with Gasteiger partial charge in [-0.3, -0.25) is 9.59 Å². The Morgan fingerprint density at radius 3 is 2.50 bits per heavy atom. The first kappa shape index (κ1) is 24.9. The van der Waals surface area contributed by atoms with E-state index in [9.17, 15) is 24.6 Å². The molecule has 186 valence electrons. The van der Waals surface area contributed by atoms with E-state index < -0.39 is 41.1 Å². The van der Waals surface area contributed by atoms with Crippen LogP contribution in [0.25, 0.3) is 0 Å². The summed E-state index contributed by atoms with van der Waals surface area (Å²) in [7, 11) is 0. The van der Waals surface area contributed by atoms with Gasteiger partial charge in [0.1, 0.15) is 12.7 Å². The molecule has 2 saturated carbocycles. The average molecular weight is 473 g/mol. The van der Waals surface area contributed by atoms with Crippen LogP contribution in [0.5, 0.6) is 0 Å². The average Bonchev–Trinajstić information content (AvgIpc) is 3.26. The van der Waals surface area contributed by atoms with Gasteiger partial charge in [0.2, 0.25) is 0 Å². The SMILES string of the molecule is C/C=C(/C)C(=O)OC1C(C)=CC23C(=O)C(C=C(COC(C)=O)C(O)C12O)[C@H]1[C@@H](C[C@H]3C)C1(C)C. The van der Waals surface area contributed by atoms with Crippen molar-refractivity contribution >= 4 is 17.7 Å². The summed E-state index contributed by atoms with van der Waals surface area (Å²) in [4.78, 5) is 38.7. The normalized spacial score (nSPS) is 42.4. The highest BCUT2D eigenvalue weighted by Gasteiger charge is 2.76. The van der Waals surface area contributed by atoms with Crippen molar-refractivity contribution in [3.63, 3.8) is 0 Å². The molecule has 0 saturated heterocycles. The molecule has 0 aliphatic heterocycles. The van der Waals surface area contributed by atoms with Crippen LogP contribution in [-0.2, 0) is 23.9 Å². The Morgan fingerprint density at radius 2 is 1.91 bits per heavy atom. The van der Waals surface area contributed by atoms with Crippen molar-refractivity contribution in [3.05, 3.63) is 34.9 Å². The van der Waals surface area contributed by atoms with Crippen molar-refractivity contribution in [1.82, 2.24) is 0 Å². The summed E-state index contributed by atoms with van der Waals surface area (Å²) in [6.45, 7) is 12.3. The molecule has 2 N–H and O–H groups in total. The minimum absolute atomic E-state index is 0.0566. The highest BCUT2D eigenvalue weighted by molar-refractivity contribution is 5.96. The molecule has 0 amide bonds. The number of rotatable bonds is 4. The van der Waals surface area contributed by atoms with Crippen molar-refractivity contribution in [2.24, 2.45) is 34.5 Å². The number of fused-ring (bicyclic) bond motifs is 3. The van der Waals surface area contributed by atoms with Gasteiger partial charge in [-0.15, -0.1) is 0 Å². The zero-order valence-electron chi connectivity index (χ0n) is 21.0. The van der Waals surface area contributed by atoms with Crippen LogP contribution in [0, 0.1) is 34.5 Å². The van der Waals surface area contributed by atoms with Crippen LogP contribution in [0.4, 0.5) is 0 Å². The molecule has 0 aromatic carbocycles. The van der Waals surface area contributed by atoms with E-state index in [1.54, 1.807) is 39.0 Å². The fraction of sp³-hybridized carbons (Fsp3) is 0.667. The minimum Gasteiger partial charge on any atom is -0.461 e. The third-order valence-corrected chi connectivity index (χ3v) is 9.14. The van der Waals surface area contributed by atoms with E-state index in [0.717, 1.165) is 0 Å². The summed E-state index contributed by atoms with van der Waals surface area (Å²) in [6.07, 6.45) is 2.96. The maximum Gasteiger partial charge on any atom is 0.334 e. The van der Waals surface area contributed by atoms with E-state index in [4.69, 9.17) is 9.47 Å². The fourth-order valence-electron chi connectivity index (χ4n) is 7.08. The highest BCUT2D eigenvalue weighted by atomic mass is 16.6. The monoisotopic (exact) mass is 472 g/mol. The maximum atomic E-state index is 14.4. The van der Waals surface area contributed by atoms with Crippen molar-refractivity contribution in [1.29, 1.82) is 0 Å². The van der Waals surface area contributed by atoms with Gasteiger partial charge in [-0.25, -0.2) is 4.79 Å². The van der Waals surface area contributed by atoms with Gasteiger partial charge in [0, 0.05) is 18.4 Å². The highest BCUT2D eigenvalue weighted by Crippen LogP contribution is 2.71. The first-order valence-electron chi connectivity index (χ1n) is 12.1. The molecule has 8 atom stereocenters. The van der Waals surface area contributed by atoms with Gasteiger partial charge in [-0.1, -0.05) is 39.0 Å². The molecule has 0 aromatic heterocycles. The van der Waals surface area contributed by atoms with Crippen molar-refractivity contribution in [3.8, 4) is 0 Å². The molecular weight excluding hydrogens is 436 g/mol. The van der Waals surface area contributed by atoms with Crippen molar-refractivity contribution in [2.75, 3.05) is 6.61 Å². The van der Waals surface area contributed by atoms with Crippen molar-refractivity contribution in [2.45, 2.75) is 72.7 Å². The number of allylic oxidation sites excluding steroid dienone is 2. The Bertz CT molecular complexity index is 1030. The number of aliphatic hydroxyl groups excluding tert-OH is 1.